The molecule has 0 unspecified atom stereocenters. The van der Waals surface area contributed by atoms with Gasteiger partial charge in [-0.2, -0.15) is 0 Å². The molecule has 0 saturated heterocycles. The number of hydrogen-bond donors (Lipinski definition) is 0. The summed E-state index contributed by atoms with van der Waals surface area (Å²) >= 11 is 1.99. The topological polar surface area (TPSA) is 0 Å². The third-order valence-corrected chi connectivity index (χ3v) is 9.69. The first-order chi connectivity index (χ1) is 17.7. The Morgan fingerprint density at radius 2 is 0.769 bits per heavy atom. The largest absolute Gasteiger partial charge is 0.0882 e. The van der Waals surface area contributed by atoms with E-state index in [0.717, 1.165) is 0 Å². The molecule has 4 aromatic rings. The summed E-state index contributed by atoms with van der Waals surface area (Å²) in [6, 6.07) is 19.2. The molecule has 0 nitrogen and oxygen atoms in total. The van der Waals surface area contributed by atoms with Gasteiger partial charge in [0.25, 0.3) is 0 Å². The lowest BCUT2D eigenvalue weighted by Crippen LogP contribution is -2.15. The van der Waals surface area contributed by atoms with Gasteiger partial charge in [-0.3, -0.25) is 0 Å². The zero-order valence-electron chi connectivity index (χ0n) is 27.0. The molecule has 4 aromatic carbocycles. The molecule has 0 bridgehead atoms. The monoisotopic (exact) mass is 538 g/mol. The van der Waals surface area contributed by atoms with Crippen LogP contribution in [0.1, 0.15) is 116 Å². The van der Waals surface area contributed by atoms with Crippen LogP contribution in [0.3, 0.4) is 0 Å². The van der Waals surface area contributed by atoms with E-state index >= 15 is 0 Å². The van der Waals surface area contributed by atoms with Crippen molar-refractivity contribution >= 4 is 33.3 Å². The van der Waals surface area contributed by atoms with E-state index in [1.165, 1.54) is 64.7 Å². The number of fused-ring (bicyclic) bond motifs is 2. The molecule has 0 aromatic heterocycles. The van der Waals surface area contributed by atoms with Gasteiger partial charge in [0.05, 0.1) is 0 Å². The molecule has 4 rings (SSSR count). The molecule has 0 aliphatic carbocycles. The molecule has 0 radical (unpaired) electrons. The van der Waals surface area contributed by atoms with Crippen LogP contribution in [0.4, 0.5) is 0 Å². The van der Waals surface area contributed by atoms with E-state index < -0.39 is 0 Å². The second kappa shape index (κ2) is 9.69. The normalized spacial score (nSPS) is 13.5. The van der Waals surface area contributed by atoms with Crippen LogP contribution in [-0.2, 0) is 21.7 Å². The predicted molar refractivity (Wildman–Crippen MR) is 176 cm³/mol. The van der Waals surface area contributed by atoms with Crippen LogP contribution in [0, 0.1) is 13.8 Å². The first kappa shape index (κ1) is 29.7. The lowest BCUT2D eigenvalue weighted by molar-refractivity contribution is 0.584. The Morgan fingerprint density at radius 1 is 0.436 bits per heavy atom. The van der Waals surface area contributed by atoms with Crippen molar-refractivity contribution in [1.82, 2.24) is 0 Å². The Kier molecular flexibility index (Phi) is 7.39. The minimum absolute atomic E-state index is 0.0668. The Labute approximate surface area is 243 Å². The SMILES string of the molecule is Cc1c(C(C)(C)C)cc2cc(C(C)(C)C)ccc2c1Sc1c(C)c(C(C)(C)C)cc2cc(C(C)(C)C)ccc12. The summed E-state index contributed by atoms with van der Waals surface area (Å²) in [5.41, 5.74) is 8.84. The number of hydrogen-bond acceptors (Lipinski definition) is 1. The van der Waals surface area contributed by atoms with Crippen LogP contribution in [-0.4, -0.2) is 0 Å². The summed E-state index contributed by atoms with van der Waals surface area (Å²) < 4.78 is 0. The van der Waals surface area contributed by atoms with Gasteiger partial charge >= 0.3 is 0 Å². The third kappa shape index (κ3) is 5.81. The predicted octanol–water partition coefficient (Wildman–Crippen LogP) is 12.0. The summed E-state index contributed by atoms with van der Waals surface area (Å²) in [6.07, 6.45) is 0. The van der Waals surface area contributed by atoms with E-state index in [9.17, 15) is 0 Å². The molecule has 0 aliphatic heterocycles. The number of benzene rings is 4. The van der Waals surface area contributed by atoms with Crippen LogP contribution in [0.25, 0.3) is 21.5 Å². The van der Waals surface area contributed by atoms with Crippen molar-refractivity contribution in [3.63, 3.8) is 0 Å². The first-order valence-electron chi connectivity index (χ1n) is 14.5. The summed E-state index contributed by atoms with van der Waals surface area (Å²) in [5, 5.41) is 5.42. The molecule has 0 spiro atoms. The van der Waals surface area contributed by atoms with Gasteiger partial charge in [-0.1, -0.05) is 143 Å². The molecule has 0 amide bonds. The van der Waals surface area contributed by atoms with Crippen molar-refractivity contribution in [2.24, 2.45) is 0 Å². The molecule has 0 aliphatic rings. The fourth-order valence-electron chi connectivity index (χ4n) is 5.81. The third-order valence-electron chi connectivity index (χ3n) is 8.23. The first-order valence-corrected chi connectivity index (χ1v) is 15.4. The highest BCUT2D eigenvalue weighted by Gasteiger charge is 2.26. The average molecular weight is 539 g/mol. The molecule has 1 heteroatoms. The Hall–Kier alpha value is -2.25. The minimum Gasteiger partial charge on any atom is -0.0882 e. The lowest BCUT2D eigenvalue weighted by atomic mass is 9.81. The van der Waals surface area contributed by atoms with Crippen LogP contribution in [0.2, 0.25) is 0 Å². The zero-order chi connectivity index (χ0) is 29.3. The van der Waals surface area contributed by atoms with Crippen LogP contribution < -0.4 is 0 Å². The smallest absolute Gasteiger partial charge is 0.0233 e. The van der Waals surface area contributed by atoms with Crippen LogP contribution >= 0.6 is 11.8 Å². The summed E-state index contributed by atoms with van der Waals surface area (Å²) in [6.45, 7) is 32.6. The standard InChI is InChI=1S/C38H50S/c1-23-31(37(9,10)11)21-25-19-27(35(3,4)5)15-17-29(25)33(23)39-34-24(2)32(38(12,13)14)22-26-20-28(36(6,7)8)16-18-30(26)34/h15-22H,1-14H3. The highest BCUT2D eigenvalue weighted by molar-refractivity contribution is 8.00. The van der Waals surface area contributed by atoms with E-state index in [4.69, 9.17) is 0 Å². The summed E-state index contributed by atoms with van der Waals surface area (Å²) in [4.78, 5) is 2.79. The second-order valence-corrected chi connectivity index (χ2v) is 16.8. The van der Waals surface area contributed by atoms with Crippen molar-refractivity contribution in [2.45, 2.75) is 128 Å². The molecule has 0 fully saturated rings. The van der Waals surface area contributed by atoms with E-state index in [1.54, 1.807) is 0 Å². The van der Waals surface area contributed by atoms with Crippen molar-refractivity contribution in [3.8, 4) is 0 Å². The fraction of sp³-hybridized carbons (Fsp3) is 0.474. The maximum Gasteiger partial charge on any atom is 0.0233 e. The number of rotatable bonds is 2. The lowest BCUT2D eigenvalue weighted by Gasteiger charge is -2.28. The average Bonchev–Trinajstić information content (AvgIpc) is 2.78. The van der Waals surface area contributed by atoms with E-state index in [-0.39, 0.29) is 21.7 Å². The maximum atomic E-state index is 2.45. The van der Waals surface area contributed by atoms with Gasteiger partial charge in [-0.05, 0) is 90.4 Å². The van der Waals surface area contributed by atoms with Gasteiger partial charge < -0.3 is 0 Å². The van der Waals surface area contributed by atoms with E-state index in [0.29, 0.717) is 0 Å². The van der Waals surface area contributed by atoms with Crippen molar-refractivity contribution in [3.05, 3.63) is 81.9 Å². The van der Waals surface area contributed by atoms with Gasteiger partial charge in [0.1, 0.15) is 0 Å². The quantitative estimate of drug-likeness (QED) is 0.244. The summed E-state index contributed by atoms with van der Waals surface area (Å²) in [5.74, 6) is 0. The highest BCUT2D eigenvalue weighted by Crippen LogP contribution is 2.47. The fourth-order valence-corrected chi connectivity index (χ4v) is 7.13. The molecule has 39 heavy (non-hydrogen) atoms. The Morgan fingerprint density at radius 3 is 1.05 bits per heavy atom. The Bertz CT molecular complexity index is 1440. The van der Waals surface area contributed by atoms with Gasteiger partial charge in [0.2, 0.25) is 0 Å². The summed E-state index contributed by atoms with van der Waals surface area (Å²) in [7, 11) is 0. The van der Waals surface area contributed by atoms with Gasteiger partial charge in [0, 0.05) is 9.79 Å². The molecular formula is C38H50S. The van der Waals surface area contributed by atoms with Gasteiger partial charge in [-0.25, -0.2) is 0 Å². The van der Waals surface area contributed by atoms with E-state index in [2.05, 4.69) is 145 Å². The van der Waals surface area contributed by atoms with Gasteiger partial charge in [0.15, 0.2) is 0 Å². The van der Waals surface area contributed by atoms with E-state index in [1.807, 2.05) is 11.8 Å². The molecule has 0 heterocycles. The molecular weight excluding hydrogens is 488 g/mol. The Balaban J connectivity index is 2.07. The zero-order valence-corrected chi connectivity index (χ0v) is 27.8. The van der Waals surface area contributed by atoms with Crippen molar-refractivity contribution in [1.29, 1.82) is 0 Å². The molecule has 0 N–H and O–H groups in total. The second-order valence-electron chi connectivity index (χ2n) is 15.7. The molecule has 0 atom stereocenters. The van der Waals surface area contributed by atoms with Crippen molar-refractivity contribution < 1.29 is 0 Å². The minimum atomic E-state index is 0.0668. The van der Waals surface area contributed by atoms with Crippen molar-refractivity contribution in [2.75, 3.05) is 0 Å². The van der Waals surface area contributed by atoms with Crippen LogP contribution in [0.15, 0.2) is 58.3 Å². The van der Waals surface area contributed by atoms with Gasteiger partial charge in [-0.15, -0.1) is 0 Å². The molecule has 0 saturated carbocycles. The maximum absolute atomic E-state index is 2.45. The highest BCUT2D eigenvalue weighted by atomic mass is 32.2. The molecule has 208 valence electrons. The van der Waals surface area contributed by atoms with Crippen LogP contribution in [0.5, 0.6) is 0 Å².